The summed E-state index contributed by atoms with van der Waals surface area (Å²) in [5, 5.41) is 3.45. The van der Waals surface area contributed by atoms with Gasteiger partial charge >= 0.3 is 0 Å². The van der Waals surface area contributed by atoms with E-state index in [-0.39, 0.29) is 5.25 Å². The van der Waals surface area contributed by atoms with Gasteiger partial charge in [-0.1, -0.05) is 26.0 Å². The molecule has 19 heavy (non-hydrogen) atoms. The van der Waals surface area contributed by atoms with E-state index >= 15 is 0 Å². The predicted molar refractivity (Wildman–Crippen MR) is 82.0 cm³/mol. The predicted octanol–water partition coefficient (Wildman–Crippen LogP) is 1.83. The van der Waals surface area contributed by atoms with Crippen LogP contribution in [0.2, 0.25) is 0 Å². The lowest BCUT2D eigenvalue weighted by atomic mass is 10.2. The lowest BCUT2D eigenvalue weighted by molar-refractivity contribution is 0.581. The first-order valence-electron chi connectivity index (χ1n) is 6.31. The summed E-state index contributed by atoms with van der Waals surface area (Å²) in [5.74, 6) is 0. The standard InChI is InChI=1S/C13H22N2O2S2/c1-4-14-10-12-6-5-7-13(8-12)19(16,17)15-9-11(2)18-3/h5-8,11,14-15H,4,9-10H2,1-3H3. The number of benzene rings is 1. The van der Waals surface area contributed by atoms with Gasteiger partial charge in [0.25, 0.3) is 0 Å². The van der Waals surface area contributed by atoms with E-state index in [2.05, 4.69) is 10.0 Å². The lowest BCUT2D eigenvalue weighted by Crippen LogP contribution is -2.29. The van der Waals surface area contributed by atoms with E-state index in [1.807, 2.05) is 26.2 Å². The number of nitrogens with one attached hydrogen (secondary N) is 2. The minimum atomic E-state index is -3.40. The topological polar surface area (TPSA) is 58.2 Å². The van der Waals surface area contributed by atoms with Crippen LogP contribution in [0.4, 0.5) is 0 Å². The summed E-state index contributed by atoms with van der Waals surface area (Å²) in [5.41, 5.74) is 0.975. The SMILES string of the molecule is CCNCc1cccc(S(=O)(=O)NCC(C)SC)c1. The molecule has 0 radical (unpaired) electrons. The van der Waals surface area contributed by atoms with Crippen molar-refractivity contribution < 1.29 is 8.42 Å². The van der Waals surface area contributed by atoms with E-state index in [0.29, 0.717) is 18.0 Å². The van der Waals surface area contributed by atoms with Gasteiger partial charge in [-0.05, 0) is 30.5 Å². The van der Waals surface area contributed by atoms with Gasteiger partial charge in [0.05, 0.1) is 4.90 Å². The van der Waals surface area contributed by atoms with Gasteiger partial charge in [-0.2, -0.15) is 11.8 Å². The summed E-state index contributed by atoms with van der Waals surface area (Å²) in [6, 6.07) is 7.04. The fourth-order valence-electron chi connectivity index (χ4n) is 1.49. The van der Waals surface area contributed by atoms with E-state index in [4.69, 9.17) is 0 Å². The Balaban J connectivity index is 2.77. The Bertz CT molecular complexity index is 489. The number of hydrogen-bond donors (Lipinski definition) is 2. The van der Waals surface area contributed by atoms with Crippen LogP contribution in [-0.2, 0) is 16.6 Å². The molecule has 4 nitrogen and oxygen atoms in total. The molecule has 1 atom stereocenters. The Morgan fingerprint density at radius 1 is 1.37 bits per heavy atom. The molecule has 1 rings (SSSR count). The summed E-state index contributed by atoms with van der Waals surface area (Å²) < 4.78 is 26.9. The second-order valence-corrected chi connectivity index (χ2v) is 7.37. The highest BCUT2D eigenvalue weighted by Gasteiger charge is 2.15. The van der Waals surface area contributed by atoms with Gasteiger partial charge in [0.15, 0.2) is 0 Å². The molecule has 0 fully saturated rings. The van der Waals surface area contributed by atoms with Gasteiger partial charge in [-0.25, -0.2) is 13.1 Å². The number of sulfonamides is 1. The first kappa shape index (κ1) is 16.5. The molecule has 0 aliphatic heterocycles. The molecule has 108 valence electrons. The summed E-state index contributed by atoms with van der Waals surface area (Å²) in [7, 11) is -3.40. The molecular formula is C13H22N2O2S2. The quantitative estimate of drug-likeness (QED) is 0.769. The third kappa shape index (κ3) is 5.52. The Labute approximate surface area is 120 Å². The van der Waals surface area contributed by atoms with E-state index in [0.717, 1.165) is 12.1 Å². The maximum Gasteiger partial charge on any atom is 0.240 e. The Morgan fingerprint density at radius 2 is 2.11 bits per heavy atom. The van der Waals surface area contributed by atoms with Gasteiger partial charge in [0.1, 0.15) is 0 Å². The van der Waals surface area contributed by atoms with E-state index in [1.165, 1.54) is 0 Å². The average molecular weight is 302 g/mol. The van der Waals surface area contributed by atoms with Crippen LogP contribution < -0.4 is 10.0 Å². The number of rotatable bonds is 8. The van der Waals surface area contributed by atoms with Crippen LogP contribution in [-0.4, -0.2) is 33.0 Å². The van der Waals surface area contributed by atoms with Gasteiger partial charge in [0.2, 0.25) is 10.0 Å². The molecule has 2 N–H and O–H groups in total. The van der Waals surface area contributed by atoms with Gasteiger partial charge in [-0.15, -0.1) is 0 Å². The van der Waals surface area contributed by atoms with E-state index < -0.39 is 10.0 Å². The van der Waals surface area contributed by atoms with Crippen molar-refractivity contribution in [2.45, 2.75) is 30.5 Å². The van der Waals surface area contributed by atoms with Gasteiger partial charge in [-0.3, -0.25) is 0 Å². The third-order valence-corrected chi connectivity index (χ3v) is 5.14. The molecule has 1 aromatic rings. The summed E-state index contributed by atoms with van der Waals surface area (Å²) in [4.78, 5) is 0.330. The van der Waals surface area contributed by atoms with Crippen LogP contribution in [0.25, 0.3) is 0 Å². The van der Waals surface area contributed by atoms with Crippen molar-refractivity contribution in [1.82, 2.24) is 10.0 Å². The van der Waals surface area contributed by atoms with Crippen LogP contribution in [0.3, 0.4) is 0 Å². The second kappa shape index (κ2) is 7.89. The molecule has 1 aromatic carbocycles. The van der Waals surface area contributed by atoms with E-state index in [1.54, 1.807) is 30.0 Å². The number of thioether (sulfide) groups is 1. The highest BCUT2D eigenvalue weighted by Crippen LogP contribution is 2.12. The normalized spacial score (nSPS) is 13.4. The molecule has 0 aliphatic carbocycles. The molecule has 0 spiro atoms. The van der Waals surface area contributed by atoms with Crippen LogP contribution in [0.5, 0.6) is 0 Å². The van der Waals surface area contributed by atoms with Crippen molar-refractivity contribution in [3.05, 3.63) is 29.8 Å². The lowest BCUT2D eigenvalue weighted by Gasteiger charge is -2.11. The zero-order chi connectivity index (χ0) is 14.3. The average Bonchev–Trinajstić information content (AvgIpc) is 2.43. The molecule has 0 aliphatic rings. The molecular weight excluding hydrogens is 280 g/mol. The molecule has 0 heterocycles. The van der Waals surface area contributed by atoms with Crippen LogP contribution in [0.15, 0.2) is 29.2 Å². The van der Waals surface area contributed by atoms with Crippen molar-refractivity contribution in [3.63, 3.8) is 0 Å². The molecule has 1 unspecified atom stereocenters. The highest BCUT2D eigenvalue weighted by molar-refractivity contribution is 7.99. The van der Waals surface area contributed by atoms with Gasteiger partial charge < -0.3 is 5.32 Å². The zero-order valence-electron chi connectivity index (χ0n) is 11.6. The zero-order valence-corrected chi connectivity index (χ0v) is 13.3. The Kier molecular flexibility index (Phi) is 6.85. The van der Waals surface area contributed by atoms with Crippen LogP contribution >= 0.6 is 11.8 Å². The van der Waals surface area contributed by atoms with Crippen molar-refractivity contribution in [1.29, 1.82) is 0 Å². The summed E-state index contributed by atoms with van der Waals surface area (Å²) in [6.07, 6.45) is 1.97. The fraction of sp³-hybridized carbons (Fsp3) is 0.538. The minimum Gasteiger partial charge on any atom is -0.313 e. The molecule has 6 heteroatoms. The smallest absolute Gasteiger partial charge is 0.240 e. The number of hydrogen-bond acceptors (Lipinski definition) is 4. The third-order valence-electron chi connectivity index (χ3n) is 2.75. The van der Waals surface area contributed by atoms with Gasteiger partial charge in [0, 0.05) is 18.3 Å². The van der Waals surface area contributed by atoms with E-state index in [9.17, 15) is 8.42 Å². The second-order valence-electron chi connectivity index (χ2n) is 4.33. The monoisotopic (exact) mass is 302 g/mol. The first-order chi connectivity index (χ1) is 8.99. The molecule has 0 saturated carbocycles. The van der Waals surface area contributed by atoms with Crippen molar-refractivity contribution >= 4 is 21.8 Å². The molecule has 0 amide bonds. The molecule has 0 aromatic heterocycles. The molecule has 0 saturated heterocycles. The summed E-state index contributed by atoms with van der Waals surface area (Å²) in [6.45, 7) is 6.00. The fourth-order valence-corrected chi connectivity index (χ4v) is 3.04. The minimum absolute atomic E-state index is 0.264. The maximum absolute atomic E-state index is 12.1. The highest BCUT2D eigenvalue weighted by atomic mass is 32.2. The summed E-state index contributed by atoms with van der Waals surface area (Å²) >= 11 is 1.64. The Hall–Kier alpha value is -0.560. The van der Waals surface area contributed by atoms with Crippen LogP contribution in [0, 0.1) is 0 Å². The Morgan fingerprint density at radius 3 is 2.74 bits per heavy atom. The van der Waals surface area contributed by atoms with Crippen molar-refractivity contribution in [3.8, 4) is 0 Å². The first-order valence-corrected chi connectivity index (χ1v) is 9.08. The maximum atomic E-state index is 12.1. The molecule has 0 bridgehead atoms. The van der Waals surface area contributed by atoms with Crippen molar-refractivity contribution in [2.24, 2.45) is 0 Å². The van der Waals surface area contributed by atoms with Crippen LogP contribution in [0.1, 0.15) is 19.4 Å². The largest absolute Gasteiger partial charge is 0.313 e. The van der Waals surface area contributed by atoms with Crippen molar-refractivity contribution in [2.75, 3.05) is 19.3 Å².